The standard InChI is InChI=1S/C15H18F3NO2/c1-21-14(20)12-6-3-7-13(12)19-9-10-4-2-5-11(8-10)15(16,17)18/h2,4-5,8,12-13,19H,3,6-7,9H2,1H3. The average Bonchev–Trinajstić information content (AvgIpc) is 2.92. The molecule has 1 saturated carbocycles. The number of halogens is 3. The van der Waals surface area contributed by atoms with E-state index in [0.29, 0.717) is 12.1 Å². The monoisotopic (exact) mass is 301 g/mol. The molecule has 0 aromatic heterocycles. The Labute approximate surface area is 121 Å². The first-order chi connectivity index (χ1) is 9.91. The lowest BCUT2D eigenvalue weighted by atomic mass is 10.0. The number of methoxy groups -OCH3 is 1. The fourth-order valence-electron chi connectivity index (χ4n) is 2.74. The molecule has 0 amide bonds. The van der Waals surface area contributed by atoms with Gasteiger partial charge in [-0.2, -0.15) is 13.2 Å². The van der Waals surface area contributed by atoms with Gasteiger partial charge in [-0.1, -0.05) is 24.6 Å². The van der Waals surface area contributed by atoms with Crippen molar-refractivity contribution in [2.45, 2.75) is 38.0 Å². The zero-order valence-corrected chi connectivity index (χ0v) is 11.7. The first-order valence-electron chi connectivity index (χ1n) is 6.89. The van der Waals surface area contributed by atoms with Crippen LogP contribution < -0.4 is 5.32 Å². The number of carbonyl (C=O) groups excluding carboxylic acids is 1. The molecule has 0 heterocycles. The van der Waals surface area contributed by atoms with Crippen molar-refractivity contribution in [1.82, 2.24) is 5.32 Å². The quantitative estimate of drug-likeness (QED) is 0.868. The topological polar surface area (TPSA) is 38.3 Å². The summed E-state index contributed by atoms with van der Waals surface area (Å²) in [6.45, 7) is 0.308. The smallest absolute Gasteiger partial charge is 0.416 e. The Hall–Kier alpha value is -1.56. The van der Waals surface area contributed by atoms with Crippen LogP contribution in [-0.4, -0.2) is 19.1 Å². The van der Waals surface area contributed by atoms with E-state index in [9.17, 15) is 18.0 Å². The van der Waals surface area contributed by atoms with Crippen LogP contribution in [-0.2, 0) is 22.3 Å². The van der Waals surface area contributed by atoms with Crippen molar-refractivity contribution in [2.75, 3.05) is 7.11 Å². The molecule has 1 fully saturated rings. The molecule has 0 radical (unpaired) electrons. The van der Waals surface area contributed by atoms with Gasteiger partial charge in [0.1, 0.15) is 0 Å². The van der Waals surface area contributed by atoms with Crippen LogP contribution in [0, 0.1) is 5.92 Å². The van der Waals surface area contributed by atoms with Gasteiger partial charge in [-0.25, -0.2) is 0 Å². The number of hydrogen-bond donors (Lipinski definition) is 1. The van der Waals surface area contributed by atoms with E-state index >= 15 is 0 Å². The zero-order chi connectivity index (χ0) is 15.5. The summed E-state index contributed by atoms with van der Waals surface area (Å²) in [7, 11) is 1.35. The van der Waals surface area contributed by atoms with Gasteiger partial charge in [-0.05, 0) is 24.5 Å². The predicted octanol–water partition coefficient (Wildman–Crippen LogP) is 3.14. The summed E-state index contributed by atoms with van der Waals surface area (Å²) in [6, 6.07) is 5.19. The summed E-state index contributed by atoms with van der Waals surface area (Å²) < 4.78 is 42.7. The van der Waals surface area contributed by atoms with Gasteiger partial charge < -0.3 is 10.1 Å². The molecular weight excluding hydrogens is 283 g/mol. The lowest BCUT2D eigenvalue weighted by molar-refractivity contribution is -0.145. The Bertz CT molecular complexity index is 502. The third-order valence-corrected chi connectivity index (χ3v) is 3.84. The molecule has 2 rings (SSSR count). The molecule has 1 aliphatic carbocycles. The SMILES string of the molecule is COC(=O)C1CCCC1NCc1cccc(C(F)(F)F)c1. The molecule has 0 spiro atoms. The molecule has 1 aromatic rings. The van der Waals surface area contributed by atoms with E-state index in [-0.39, 0.29) is 17.9 Å². The third-order valence-electron chi connectivity index (χ3n) is 3.84. The fourth-order valence-corrected chi connectivity index (χ4v) is 2.74. The highest BCUT2D eigenvalue weighted by Crippen LogP contribution is 2.30. The van der Waals surface area contributed by atoms with Crippen molar-refractivity contribution in [2.24, 2.45) is 5.92 Å². The van der Waals surface area contributed by atoms with Crippen LogP contribution in [0.4, 0.5) is 13.2 Å². The minimum absolute atomic E-state index is 0.0352. The van der Waals surface area contributed by atoms with Crippen molar-refractivity contribution >= 4 is 5.97 Å². The second-order valence-electron chi connectivity index (χ2n) is 5.25. The molecular formula is C15H18F3NO2. The maximum absolute atomic E-state index is 12.6. The molecule has 21 heavy (non-hydrogen) atoms. The summed E-state index contributed by atoms with van der Waals surface area (Å²) in [4.78, 5) is 11.6. The van der Waals surface area contributed by atoms with E-state index in [1.807, 2.05) is 0 Å². The Kier molecular flexibility index (Phi) is 4.88. The van der Waals surface area contributed by atoms with Crippen molar-refractivity contribution in [3.63, 3.8) is 0 Å². The largest absolute Gasteiger partial charge is 0.469 e. The van der Waals surface area contributed by atoms with E-state index in [4.69, 9.17) is 4.74 Å². The predicted molar refractivity (Wildman–Crippen MR) is 71.4 cm³/mol. The van der Waals surface area contributed by atoms with E-state index in [2.05, 4.69) is 5.32 Å². The van der Waals surface area contributed by atoms with Crippen LogP contribution in [0.5, 0.6) is 0 Å². The lowest BCUT2D eigenvalue weighted by Gasteiger charge is -2.19. The van der Waals surface area contributed by atoms with E-state index in [0.717, 1.165) is 31.4 Å². The molecule has 0 saturated heterocycles. The molecule has 6 heteroatoms. The highest BCUT2D eigenvalue weighted by molar-refractivity contribution is 5.73. The van der Waals surface area contributed by atoms with Crippen LogP contribution in [0.3, 0.4) is 0 Å². The molecule has 3 nitrogen and oxygen atoms in total. The second kappa shape index (κ2) is 6.47. The van der Waals surface area contributed by atoms with E-state index < -0.39 is 11.7 Å². The summed E-state index contributed by atoms with van der Waals surface area (Å²) in [6.07, 6.45) is -1.83. The molecule has 1 N–H and O–H groups in total. The highest BCUT2D eigenvalue weighted by Gasteiger charge is 2.33. The van der Waals surface area contributed by atoms with Crippen LogP contribution >= 0.6 is 0 Å². The Morgan fingerprint density at radius 3 is 2.81 bits per heavy atom. The summed E-state index contributed by atoms with van der Waals surface area (Å²) >= 11 is 0. The van der Waals surface area contributed by atoms with E-state index in [1.165, 1.54) is 13.2 Å². The van der Waals surface area contributed by atoms with Crippen molar-refractivity contribution in [3.05, 3.63) is 35.4 Å². The second-order valence-corrected chi connectivity index (χ2v) is 5.25. The third kappa shape index (κ3) is 3.97. The van der Waals surface area contributed by atoms with Crippen LogP contribution in [0.25, 0.3) is 0 Å². The van der Waals surface area contributed by atoms with Gasteiger partial charge in [0, 0.05) is 12.6 Å². The van der Waals surface area contributed by atoms with Crippen molar-refractivity contribution in [3.8, 4) is 0 Å². The molecule has 116 valence electrons. The number of hydrogen-bond acceptors (Lipinski definition) is 3. The number of nitrogens with one attached hydrogen (secondary N) is 1. The van der Waals surface area contributed by atoms with Gasteiger partial charge in [0.2, 0.25) is 0 Å². The van der Waals surface area contributed by atoms with Gasteiger partial charge in [-0.15, -0.1) is 0 Å². The fraction of sp³-hybridized carbons (Fsp3) is 0.533. The number of benzene rings is 1. The number of rotatable bonds is 4. The number of alkyl halides is 3. The van der Waals surface area contributed by atoms with Crippen molar-refractivity contribution in [1.29, 1.82) is 0 Å². The maximum Gasteiger partial charge on any atom is 0.416 e. The van der Waals surface area contributed by atoms with Crippen molar-refractivity contribution < 1.29 is 22.7 Å². The Balaban J connectivity index is 1.98. The summed E-state index contributed by atoms with van der Waals surface area (Å²) in [5.41, 5.74) is -0.0990. The average molecular weight is 301 g/mol. The minimum Gasteiger partial charge on any atom is -0.469 e. The summed E-state index contributed by atoms with van der Waals surface area (Å²) in [5.74, 6) is -0.463. The number of carbonyl (C=O) groups is 1. The highest BCUT2D eigenvalue weighted by atomic mass is 19.4. The van der Waals surface area contributed by atoms with Gasteiger partial charge in [0.05, 0.1) is 18.6 Å². The van der Waals surface area contributed by atoms with Gasteiger partial charge in [-0.3, -0.25) is 4.79 Å². The zero-order valence-electron chi connectivity index (χ0n) is 11.7. The van der Waals surface area contributed by atoms with Gasteiger partial charge >= 0.3 is 12.1 Å². The number of ether oxygens (including phenoxy) is 1. The minimum atomic E-state index is -4.34. The molecule has 1 aromatic carbocycles. The molecule has 2 atom stereocenters. The molecule has 1 aliphatic rings. The normalized spacial score (nSPS) is 22.3. The molecule has 2 unspecified atom stereocenters. The van der Waals surface area contributed by atoms with E-state index in [1.54, 1.807) is 6.07 Å². The van der Waals surface area contributed by atoms with Crippen LogP contribution in [0.15, 0.2) is 24.3 Å². The Morgan fingerprint density at radius 2 is 2.14 bits per heavy atom. The summed E-state index contributed by atoms with van der Waals surface area (Å²) in [5, 5.41) is 3.17. The first-order valence-corrected chi connectivity index (χ1v) is 6.89. The van der Waals surface area contributed by atoms with Gasteiger partial charge in [0.25, 0.3) is 0 Å². The van der Waals surface area contributed by atoms with Gasteiger partial charge in [0.15, 0.2) is 0 Å². The molecule has 0 aliphatic heterocycles. The van der Waals surface area contributed by atoms with Crippen LogP contribution in [0.2, 0.25) is 0 Å². The lowest BCUT2D eigenvalue weighted by Crippen LogP contribution is -2.36. The molecule has 0 bridgehead atoms. The first kappa shape index (κ1) is 15.8. The Morgan fingerprint density at radius 1 is 1.38 bits per heavy atom. The maximum atomic E-state index is 12.6. The van der Waals surface area contributed by atoms with Crippen LogP contribution in [0.1, 0.15) is 30.4 Å². The number of esters is 1.